The Hall–Kier alpha value is -1.49. The van der Waals surface area contributed by atoms with E-state index in [0.717, 1.165) is 5.56 Å². The normalized spacial score (nSPS) is 13.9. The largest absolute Gasteiger partial charge is 0.465 e. The molecule has 0 saturated heterocycles. The molecule has 26 heavy (non-hydrogen) atoms. The van der Waals surface area contributed by atoms with Gasteiger partial charge in [-0.15, -0.1) is 0 Å². The van der Waals surface area contributed by atoms with Gasteiger partial charge in [-0.25, -0.2) is 0 Å². The molecule has 7 heteroatoms. The molecule has 1 rings (SSSR count). The number of hydrogen-bond donors (Lipinski definition) is 0. The second-order valence-electron chi connectivity index (χ2n) is 5.78. The van der Waals surface area contributed by atoms with Crippen LogP contribution in [0.4, 0.5) is 0 Å². The van der Waals surface area contributed by atoms with Crippen molar-refractivity contribution in [3.8, 4) is 0 Å². The molecule has 0 amide bonds. The minimum absolute atomic E-state index is 0.0914. The summed E-state index contributed by atoms with van der Waals surface area (Å²) in [4.78, 5) is 25.5. The molecule has 0 heterocycles. The van der Waals surface area contributed by atoms with E-state index in [9.17, 15) is 14.2 Å². The molecule has 0 fully saturated rings. The highest BCUT2D eigenvalue weighted by molar-refractivity contribution is 7.55. The zero-order valence-corrected chi connectivity index (χ0v) is 17.1. The van der Waals surface area contributed by atoms with E-state index >= 15 is 0 Å². The van der Waals surface area contributed by atoms with Crippen molar-refractivity contribution in [1.29, 1.82) is 0 Å². The molecule has 0 N–H and O–H groups in total. The third-order valence-electron chi connectivity index (χ3n) is 3.93. The van der Waals surface area contributed by atoms with Crippen molar-refractivity contribution in [3.05, 3.63) is 35.4 Å². The van der Waals surface area contributed by atoms with E-state index in [1.165, 1.54) is 0 Å². The molecule has 1 aromatic rings. The number of esters is 1. The lowest BCUT2D eigenvalue weighted by molar-refractivity contribution is -0.145. The van der Waals surface area contributed by atoms with Crippen molar-refractivity contribution < 1.29 is 27.9 Å². The monoisotopic (exact) mass is 384 g/mol. The number of hydrogen-bond acceptors (Lipinski definition) is 6. The van der Waals surface area contributed by atoms with Gasteiger partial charge in [0.1, 0.15) is 5.78 Å². The lowest BCUT2D eigenvalue weighted by Gasteiger charge is -2.30. The Morgan fingerprint density at radius 1 is 0.962 bits per heavy atom. The minimum atomic E-state index is -3.91. The van der Waals surface area contributed by atoms with Crippen LogP contribution >= 0.6 is 7.60 Å². The third-order valence-corrected chi connectivity index (χ3v) is 6.36. The Bertz CT molecular complexity index is 630. The standard InChI is InChI=1S/C19H29O6P/c1-6-16(20)17(15-12-10-14(5)11-13-15)18(19(21)23-7-2)26(22,24-8-3)25-9-4/h10-13,17-18H,6-9H2,1-5H3. The van der Waals surface area contributed by atoms with Crippen molar-refractivity contribution in [2.75, 3.05) is 19.8 Å². The number of rotatable bonds is 11. The molecule has 0 bridgehead atoms. The molecular formula is C19H29O6P. The van der Waals surface area contributed by atoms with E-state index in [1.807, 2.05) is 19.1 Å². The van der Waals surface area contributed by atoms with Crippen LogP contribution in [0.25, 0.3) is 0 Å². The zero-order valence-electron chi connectivity index (χ0n) is 16.2. The number of Topliss-reactive ketones (excluding diaryl/α,β-unsaturated/α-hetero) is 1. The molecule has 2 unspecified atom stereocenters. The fraction of sp³-hybridized carbons (Fsp3) is 0.579. The molecule has 0 aliphatic heterocycles. The van der Waals surface area contributed by atoms with Crippen LogP contribution in [0.2, 0.25) is 0 Å². The van der Waals surface area contributed by atoms with Crippen LogP contribution in [0.3, 0.4) is 0 Å². The summed E-state index contributed by atoms with van der Waals surface area (Å²) in [6.07, 6.45) is 0.187. The quantitative estimate of drug-likeness (QED) is 0.419. The fourth-order valence-electron chi connectivity index (χ4n) is 2.77. The van der Waals surface area contributed by atoms with Gasteiger partial charge in [0, 0.05) is 6.42 Å². The number of benzene rings is 1. The molecule has 0 spiro atoms. The molecule has 1 aromatic carbocycles. The Labute approximate surface area is 155 Å². The Kier molecular flexibility index (Phi) is 9.20. The zero-order chi connectivity index (χ0) is 19.7. The lowest BCUT2D eigenvalue weighted by atomic mass is 9.89. The summed E-state index contributed by atoms with van der Waals surface area (Å²) in [7, 11) is -3.91. The Balaban J connectivity index is 3.54. The average molecular weight is 384 g/mol. The molecule has 0 radical (unpaired) electrons. The van der Waals surface area contributed by atoms with Crippen LogP contribution < -0.4 is 0 Å². The van der Waals surface area contributed by atoms with Crippen LogP contribution in [-0.2, 0) is 27.9 Å². The second kappa shape index (κ2) is 10.6. The van der Waals surface area contributed by atoms with Gasteiger partial charge < -0.3 is 13.8 Å². The van der Waals surface area contributed by atoms with Gasteiger partial charge in [0.2, 0.25) is 0 Å². The van der Waals surface area contributed by atoms with Crippen molar-refractivity contribution in [3.63, 3.8) is 0 Å². The van der Waals surface area contributed by atoms with E-state index in [-0.39, 0.29) is 32.0 Å². The van der Waals surface area contributed by atoms with E-state index in [0.29, 0.717) is 5.56 Å². The minimum Gasteiger partial charge on any atom is -0.465 e. The molecule has 146 valence electrons. The summed E-state index contributed by atoms with van der Waals surface area (Å²) in [6, 6.07) is 7.23. The summed E-state index contributed by atoms with van der Waals surface area (Å²) in [5, 5.41) is 0. The van der Waals surface area contributed by atoms with Crippen LogP contribution in [0.5, 0.6) is 0 Å². The predicted octanol–water partition coefficient (Wildman–Crippen LogP) is 4.26. The summed E-state index contributed by atoms with van der Waals surface area (Å²) in [5.74, 6) is -1.92. The number of ether oxygens (including phenoxy) is 1. The van der Waals surface area contributed by atoms with Crippen LogP contribution in [0.1, 0.15) is 51.2 Å². The third kappa shape index (κ3) is 5.50. The number of carbonyl (C=O) groups excluding carboxylic acids is 2. The first-order valence-electron chi connectivity index (χ1n) is 8.99. The van der Waals surface area contributed by atoms with Gasteiger partial charge in [-0.1, -0.05) is 36.8 Å². The number of ketones is 1. The van der Waals surface area contributed by atoms with Crippen molar-refractivity contribution in [1.82, 2.24) is 0 Å². The molecule has 0 aliphatic carbocycles. The van der Waals surface area contributed by atoms with Crippen molar-refractivity contribution >= 4 is 19.3 Å². The molecule has 2 atom stereocenters. The van der Waals surface area contributed by atoms with Gasteiger partial charge in [-0.05, 0) is 33.3 Å². The first-order chi connectivity index (χ1) is 12.3. The molecular weight excluding hydrogens is 355 g/mol. The van der Waals surface area contributed by atoms with Gasteiger partial charge in [-0.2, -0.15) is 0 Å². The van der Waals surface area contributed by atoms with E-state index in [4.69, 9.17) is 13.8 Å². The highest BCUT2D eigenvalue weighted by atomic mass is 31.2. The summed E-state index contributed by atoms with van der Waals surface area (Å²) >= 11 is 0. The SMILES string of the molecule is CCOC(=O)C(C(C(=O)CC)c1ccc(C)cc1)P(=O)(OCC)OCC. The second-order valence-corrected chi connectivity index (χ2v) is 7.93. The molecule has 0 aliphatic rings. The average Bonchev–Trinajstić information content (AvgIpc) is 2.60. The lowest BCUT2D eigenvalue weighted by Crippen LogP contribution is -2.36. The van der Waals surface area contributed by atoms with Gasteiger partial charge in [-0.3, -0.25) is 14.2 Å². The fourth-order valence-corrected chi connectivity index (χ4v) is 4.92. The first-order valence-corrected chi connectivity index (χ1v) is 10.6. The molecule has 6 nitrogen and oxygen atoms in total. The Morgan fingerprint density at radius 2 is 1.50 bits per heavy atom. The van der Waals surface area contributed by atoms with Gasteiger partial charge in [0.05, 0.1) is 25.7 Å². The molecule has 0 aromatic heterocycles. The Morgan fingerprint density at radius 3 is 1.92 bits per heavy atom. The summed E-state index contributed by atoms with van der Waals surface area (Å²) in [6.45, 7) is 8.90. The summed E-state index contributed by atoms with van der Waals surface area (Å²) in [5.41, 5.74) is 0.277. The van der Waals surface area contributed by atoms with E-state index in [2.05, 4.69) is 0 Å². The van der Waals surface area contributed by atoms with Crippen LogP contribution in [0, 0.1) is 6.92 Å². The van der Waals surface area contributed by atoms with Crippen LogP contribution in [0.15, 0.2) is 24.3 Å². The van der Waals surface area contributed by atoms with Crippen molar-refractivity contribution in [2.45, 2.75) is 52.6 Å². The number of carbonyl (C=O) groups is 2. The summed E-state index contributed by atoms with van der Waals surface area (Å²) < 4.78 is 29.4. The van der Waals surface area contributed by atoms with Gasteiger partial charge in [0.25, 0.3) is 0 Å². The van der Waals surface area contributed by atoms with Crippen LogP contribution in [-0.4, -0.2) is 37.2 Å². The van der Waals surface area contributed by atoms with E-state index in [1.54, 1.807) is 39.8 Å². The smallest absolute Gasteiger partial charge is 0.345 e. The van der Waals surface area contributed by atoms with Gasteiger partial charge >= 0.3 is 13.6 Å². The first kappa shape index (κ1) is 22.6. The highest BCUT2D eigenvalue weighted by Crippen LogP contribution is 2.58. The van der Waals surface area contributed by atoms with Crippen molar-refractivity contribution in [2.24, 2.45) is 0 Å². The highest BCUT2D eigenvalue weighted by Gasteiger charge is 2.50. The predicted molar refractivity (Wildman–Crippen MR) is 100 cm³/mol. The number of aryl methyl sites for hydroxylation is 1. The maximum Gasteiger partial charge on any atom is 0.345 e. The maximum absolute atomic E-state index is 13.4. The van der Waals surface area contributed by atoms with E-state index < -0.39 is 25.1 Å². The molecule has 0 saturated carbocycles. The van der Waals surface area contributed by atoms with Gasteiger partial charge in [0.15, 0.2) is 5.66 Å². The topological polar surface area (TPSA) is 78.9 Å². The maximum atomic E-state index is 13.4.